The van der Waals surface area contributed by atoms with E-state index in [9.17, 15) is 0 Å². The first kappa shape index (κ1) is 12.4. The van der Waals surface area contributed by atoms with Crippen LogP contribution < -0.4 is 5.73 Å². The fraction of sp³-hybridized carbons (Fsp3) is 0.467. The maximum absolute atomic E-state index is 5.77. The molecule has 1 aromatic heterocycles. The summed E-state index contributed by atoms with van der Waals surface area (Å²) in [6.07, 6.45) is 2.84. The lowest BCUT2D eigenvalue weighted by molar-refractivity contribution is 0.344. The van der Waals surface area contributed by atoms with Gasteiger partial charge in [0.2, 0.25) is 5.89 Å². The van der Waals surface area contributed by atoms with Gasteiger partial charge in [-0.05, 0) is 43.4 Å². The molecule has 1 saturated carbocycles. The molecule has 100 valence electrons. The van der Waals surface area contributed by atoms with E-state index in [0.29, 0.717) is 18.9 Å². The molecule has 0 bridgehead atoms. The summed E-state index contributed by atoms with van der Waals surface area (Å²) in [4.78, 5) is 4.50. The van der Waals surface area contributed by atoms with Crippen molar-refractivity contribution in [3.05, 3.63) is 46.6 Å². The minimum atomic E-state index is -0.0194. The van der Waals surface area contributed by atoms with Gasteiger partial charge in [-0.25, -0.2) is 0 Å². The number of hydrogen-bond acceptors (Lipinski definition) is 4. The van der Waals surface area contributed by atoms with E-state index >= 15 is 0 Å². The van der Waals surface area contributed by atoms with Crippen molar-refractivity contribution in [3.63, 3.8) is 0 Å². The van der Waals surface area contributed by atoms with Gasteiger partial charge in [0.05, 0.1) is 5.41 Å². The van der Waals surface area contributed by atoms with Crippen molar-refractivity contribution in [1.82, 2.24) is 10.1 Å². The molecular weight excluding hydrogens is 238 g/mol. The molecule has 0 radical (unpaired) electrons. The van der Waals surface area contributed by atoms with Crippen LogP contribution in [0.25, 0.3) is 0 Å². The Kier molecular flexibility index (Phi) is 2.90. The third-order valence-electron chi connectivity index (χ3n) is 4.10. The third-order valence-corrected chi connectivity index (χ3v) is 4.10. The zero-order valence-corrected chi connectivity index (χ0v) is 11.4. The monoisotopic (exact) mass is 257 g/mol. The Balaban J connectivity index is 1.78. The minimum Gasteiger partial charge on any atom is -0.339 e. The van der Waals surface area contributed by atoms with Crippen LogP contribution in [0, 0.1) is 13.8 Å². The molecule has 19 heavy (non-hydrogen) atoms. The van der Waals surface area contributed by atoms with Crippen molar-refractivity contribution in [2.45, 2.75) is 38.5 Å². The highest BCUT2D eigenvalue weighted by molar-refractivity contribution is 5.31. The number of rotatable bonds is 4. The number of aromatic nitrogens is 2. The highest BCUT2D eigenvalue weighted by atomic mass is 16.5. The molecule has 0 amide bonds. The first-order valence-electron chi connectivity index (χ1n) is 6.72. The van der Waals surface area contributed by atoms with Gasteiger partial charge in [-0.3, -0.25) is 0 Å². The van der Waals surface area contributed by atoms with Crippen LogP contribution >= 0.6 is 0 Å². The number of nitrogens with two attached hydrogens (primary N) is 1. The topological polar surface area (TPSA) is 64.9 Å². The molecule has 2 N–H and O–H groups in total. The summed E-state index contributed by atoms with van der Waals surface area (Å²) in [5.41, 5.74) is 9.56. The van der Waals surface area contributed by atoms with E-state index in [1.54, 1.807) is 0 Å². The first-order valence-corrected chi connectivity index (χ1v) is 6.72. The molecule has 4 heteroatoms. The normalized spacial score (nSPS) is 16.6. The Morgan fingerprint density at radius 1 is 1.26 bits per heavy atom. The Bertz CT molecular complexity index is 599. The van der Waals surface area contributed by atoms with Gasteiger partial charge in [0.1, 0.15) is 0 Å². The van der Waals surface area contributed by atoms with Gasteiger partial charge in [0.15, 0.2) is 5.82 Å². The van der Waals surface area contributed by atoms with Gasteiger partial charge in [0.25, 0.3) is 0 Å². The molecule has 0 spiro atoms. The molecule has 0 saturated heterocycles. The van der Waals surface area contributed by atoms with E-state index in [4.69, 9.17) is 10.3 Å². The van der Waals surface area contributed by atoms with Gasteiger partial charge in [-0.15, -0.1) is 0 Å². The van der Waals surface area contributed by atoms with Crippen molar-refractivity contribution >= 4 is 0 Å². The van der Waals surface area contributed by atoms with E-state index < -0.39 is 0 Å². The number of benzene rings is 1. The second kappa shape index (κ2) is 4.46. The molecule has 1 heterocycles. The lowest BCUT2D eigenvalue weighted by atomic mass is 10.0. The van der Waals surface area contributed by atoms with Crippen LogP contribution in [-0.4, -0.2) is 16.7 Å². The summed E-state index contributed by atoms with van der Waals surface area (Å²) in [5.74, 6) is 1.46. The van der Waals surface area contributed by atoms with Gasteiger partial charge in [-0.2, -0.15) is 4.98 Å². The molecule has 1 aromatic carbocycles. The molecule has 0 aliphatic heterocycles. The van der Waals surface area contributed by atoms with Gasteiger partial charge >= 0.3 is 0 Å². The van der Waals surface area contributed by atoms with Crippen LogP contribution in [0.15, 0.2) is 22.7 Å². The largest absolute Gasteiger partial charge is 0.339 e. The maximum atomic E-state index is 5.77. The summed E-state index contributed by atoms with van der Waals surface area (Å²) in [6, 6.07) is 6.43. The summed E-state index contributed by atoms with van der Waals surface area (Å²) in [5, 5.41) is 4.08. The van der Waals surface area contributed by atoms with E-state index in [1.807, 2.05) is 0 Å². The molecule has 2 aromatic rings. The van der Waals surface area contributed by atoms with E-state index in [0.717, 1.165) is 18.7 Å². The van der Waals surface area contributed by atoms with Gasteiger partial charge < -0.3 is 10.3 Å². The second-order valence-electron chi connectivity index (χ2n) is 5.60. The van der Waals surface area contributed by atoms with Crippen LogP contribution in [0.5, 0.6) is 0 Å². The van der Waals surface area contributed by atoms with Crippen LogP contribution in [0.3, 0.4) is 0 Å². The summed E-state index contributed by atoms with van der Waals surface area (Å²) in [6.45, 7) is 4.83. The molecule has 3 rings (SSSR count). The molecule has 0 unspecified atom stereocenters. The van der Waals surface area contributed by atoms with Crippen molar-refractivity contribution in [1.29, 1.82) is 0 Å². The summed E-state index contributed by atoms with van der Waals surface area (Å²) < 4.78 is 5.37. The van der Waals surface area contributed by atoms with Crippen LogP contribution in [0.1, 0.15) is 41.2 Å². The van der Waals surface area contributed by atoms with Crippen LogP contribution in [-0.2, 0) is 11.8 Å². The predicted octanol–water partition coefficient (Wildman–Crippen LogP) is 2.27. The summed E-state index contributed by atoms with van der Waals surface area (Å²) in [7, 11) is 0. The average molecular weight is 257 g/mol. The average Bonchev–Trinajstić information content (AvgIpc) is 3.07. The smallest absolute Gasteiger partial charge is 0.234 e. The molecular formula is C15H19N3O. The van der Waals surface area contributed by atoms with Crippen molar-refractivity contribution in [2.24, 2.45) is 5.73 Å². The predicted molar refractivity (Wildman–Crippen MR) is 73.0 cm³/mol. The Hall–Kier alpha value is -1.68. The summed E-state index contributed by atoms with van der Waals surface area (Å²) >= 11 is 0. The lowest BCUT2D eigenvalue weighted by Crippen LogP contribution is -2.20. The van der Waals surface area contributed by atoms with Gasteiger partial charge in [-0.1, -0.05) is 23.4 Å². The Morgan fingerprint density at radius 2 is 2.05 bits per heavy atom. The van der Waals surface area contributed by atoms with E-state index in [2.05, 4.69) is 42.2 Å². The standard InChI is InChI=1S/C15H19N3O/c1-10-3-4-12(7-11(10)2)8-13-17-14(19-18-13)15(9-16)5-6-15/h3-4,7H,5-6,8-9,16H2,1-2H3. The second-order valence-corrected chi connectivity index (χ2v) is 5.60. The molecule has 1 aliphatic carbocycles. The molecule has 0 atom stereocenters. The SMILES string of the molecule is Cc1ccc(Cc2noc(C3(CN)CC3)n2)cc1C. The van der Waals surface area contributed by atoms with Crippen molar-refractivity contribution in [3.8, 4) is 0 Å². The van der Waals surface area contributed by atoms with Crippen LogP contribution in [0.4, 0.5) is 0 Å². The maximum Gasteiger partial charge on any atom is 0.234 e. The zero-order valence-electron chi connectivity index (χ0n) is 11.4. The van der Waals surface area contributed by atoms with Crippen LogP contribution in [0.2, 0.25) is 0 Å². The number of nitrogens with zero attached hydrogens (tertiary/aromatic N) is 2. The van der Waals surface area contributed by atoms with Gasteiger partial charge in [0, 0.05) is 13.0 Å². The van der Waals surface area contributed by atoms with E-state index in [-0.39, 0.29) is 5.41 Å². The lowest BCUT2D eigenvalue weighted by Gasteiger charge is -2.04. The molecule has 1 fully saturated rings. The number of hydrogen-bond donors (Lipinski definition) is 1. The Labute approximate surface area is 113 Å². The quantitative estimate of drug-likeness (QED) is 0.912. The van der Waals surface area contributed by atoms with E-state index in [1.165, 1.54) is 16.7 Å². The third kappa shape index (κ3) is 2.28. The zero-order chi connectivity index (χ0) is 13.5. The minimum absolute atomic E-state index is 0.0194. The molecule has 4 nitrogen and oxygen atoms in total. The van der Waals surface area contributed by atoms with Crippen molar-refractivity contribution in [2.75, 3.05) is 6.54 Å². The van der Waals surface area contributed by atoms with Crippen molar-refractivity contribution < 1.29 is 4.52 Å². The number of aryl methyl sites for hydroxylation is 2. The molecule has 1 aliphatic rings. The fourth-order valence-corrected chi connectivity index (χ4v) is 2.29. The first-order chi connectivity index (χ1) is 9.13. The Morgan fingerprint density at radius 3 is 2.68 bits per heavy atom. The fourth-order valence-electron chi connectivity index (χ4n) is 2.29. The highest BCUT2D eigenvalue weighted by Crippen LogP contribution is 2.46. The highest BCUT2D eigenvalue weighted by Gasteiger charge is 2.48.